The van der Waals surface area contributed by atoms with Crippen LogP contribution in [-0.4, -0.2) is 39.4 Å². The normalized spacial score (nSPS) is 22.2. The Morgan fingerprint density at radius 2 is 2.24 bits per heavy atom. The number of anilines is 1. The van der Waals surface area contributed by atoms with Crippen LogP contribution >= 0.6 is 0 Å². The molecule has 0 radical (unpaired) electrons. The van der Waals surface area contributed by atoms with Crippen molar-refractivity contribution >= 4 is 11.8 Å². The lowest BCUT2D eigenvalue weighted by Gasteiger charge is -2.22. The zero-order valence-corrected chi connectivity index (χ0v) is 12.5. The zero-order chi connectivity index (χ0) is 15.6. The SMILES string of the molecule is CC(C)(C)n1ccnc(NCC2CCC(C(=O)O)O2)c1=O. The van der Waals surface area contributed by atoms with Crippen LogP contribution in [0.3, 0.4) is 0 Å². The van der Waals surface area contributed by atoms with E-state index in [4.69, 9.17) is 9.84 Å². The predicted octanol–water partition coefficient (Wildman–Crippen LogP) is 1.04. The number of nitrogens with one attached hydrogen (secondary N) is 1. The van der Waals surface area contributed by atoms with Gasteiger partial charge in [0.15, 0.2) is 11.9 Å². The van der Waals surface area contributed by atoms with Gasteiger partial charge in [-0.1, -0.05) is 0 Å². The molecular formula is C14H21N3O4. The first-order valence-corrected chi connectivity index (χ1v) is 6.99. The van der Waals surface area contributed by atoms with Crippen LogP contribution in [0, 0.1) is 0 Å². The van der Waals surface area contributed by atoms with Crippen LogP contribution < -0.4 is 10.9 Å². The van der Waals surface area contributed by atoms with E-state index in [1.807, 2.05) is 20.8 Å². The first kappa shape index (κ1) is 15.5. The largest absolute Gasteiger partial charge is 0.479 e. The molecule has 2 heterocycles. The van der Waals surface area contributed by atoms with Crippen LogP contribution in [0.15, 0.2) is 17.2 Å². The number of carboxylic acids is 1. The Morgan fingerprint density at radius 3 is 2.81 bits per heavy atom. The van der Waals surface area contributed by atoms with Crippen molar-refractivity contribution in [1.82, 2.24) is 9.55 Å². The quantitative estimate of drug-likeness (QED) is 0.862. The molecule has 2 atom stereocenters. The Labute approximate surface area is 123 Å². The van der Waals surface area contributed by atoms with Crippen LogP contribution in [-0.2, 0) is 15.1 Å². The van der Waals surface area contributed by atoms with Gasteiger partial charge in [0.1, 0.15) is 0 Å². The van der Waals surface area contributed by atoms with E-state index in [-0.39, 0.29) is 23.0 Å². The Bertz CT molecular complexity index is 576. The van der Waals surface area contributed by atoms with Gasteiger partial charge in [-0.25, -0.2) is 9.78 Å². The maximum absolute atomic E-state index is 12.3. The Hall–Kier alpha value is -1.89. The molecule has 7 nitrogen and oxygen atoms in total. The van der Waals surface area contributed by atoms with Crippen LogP contribution in [0.4, 0.5) is 5.82 Å². The molecule has 2 rings (SSSR count). The van der Waals surface area contributed by atoms with E-state index >= 15 is 0 Å². The van der Waals surface area contributed by atoms with Gasteiger partial charge in [-0.15, -0.1) is 0 Å². The monoisotopic (exact) mass is 295 g/mol. The van der Waals surface area contributed by atoms with Crippen molar-refractivity contribution in [2.75, 3.05) is 11.9 Å². The fourth-order valence-corrected chi connectivity index (χ4v) is 2.31. The van der Waals surface area contributed by atoms with E-state index in [0.717, 1.165) is 0 Å². The van der Waals surface area contributed by atoms with E-state index in [2.05, 4.69) is 10.3 Å². The summed E-state index contributed by atoms with van der Waals surface area (Å²) in [5.74, 6) is -0.680. The summed E-state index contributed by atoms with van der Waals surface area (Å²) in [6.07, 6.45) is 3.42. The number of nitrogens with zero attached hydrogens (tertiary/aromatic N) is 2. The van der Waals surface area contributed by atoms with E-state index in [0.29, 0.717) is 19.4 Å². The summed E-state index contributed by atoms with van der Waals surface area (Å²) in [6, 6.07) is 0. The van der Waals surface area contributed by atoms with Crippen molar-refractivity contribution in [3.8, 4) is 0 Å². The molecule has 2 N–H and O–H groups in total. The van der Waals surface area contributed by atoms with Gasteiger partial charge in [0.05, 0.1) is 6.10 Å². The van der Waals surface area contributed by atoms with Crippen LogP contribution in [0.1, 0.15) is 33.6 Å². The molecule has 0 saturated carbocycles. The van der Waals surface area contributed by atoms with Crippen LogP contribution in [0.2, 0.25) is 0 Å². The molecule has 0 amide bonds. The summed E-state index contributed by atoms with van der Waals surface area (Å²) in [4.78, 5) is 27.2. The van der Waals surface area contributed by atoms with Crippen molar-refractivity contribution < 1.29 is 14.6 Å². The number of hydrogen-bond acceptors (Lipinski definition) is 5. The lowest BCUT2D eigenvalue weighted by atomic mass is 10.1. The second-order valence-corrected chi connectivity index (χ2v) is 6.17. The smallest absolute Gasteiger partial charge is 0.332 e. The highest BCUT2D eigenvalue weighted by Crippen LogP contribution is 2.20. The third-order valence-corrected chi connectivity index (χ3v) is 3.44. The van der Waals surface area contributed by atoms with Gasteiger partial charge >= 0.3 is 5.97 Å². The zero-order valence-electron chi connectivity index (χ0n) is 12.5. The molecular weight excluding hydrogens is 274 g/mol. The van der Waals surface area contributed by atoms with Crippen LogP contribution in [0.5, 0.6) is 0 Å². The molecule has 1 aliphatic rings. The Balaban J connectivity index is 2.02. The van der Waals surface area contributed by atoms with E-state index in [1.165, 1.54) is 0 Å². The lowest BCUT2D eigenvalue weighted by molar-refractivity contribution is -0.149. The number of aliphatic carboxylic acids is 1. The number of rotatable bonds is 4. The fourth-order valence-electron chi connectivity index (χ4n) is 2.31. The summed E-state index contributed by atoms with van der Waals surface area (Å²) < 4.78 is 6.99. The molecule has 1 saturated heterocycles. The maximum atomic E-state index is 12.3. The number of hydrogen-bond donors (Lipinski definition) is 2. The standard InChI is InChI=1S/C14H21N3O4/c1-14(2,3)17-7-6-15-11(12(17)18)16-8-9-4-5-10(21-9)13(19)20/h6-7,9-10H,4-5,8H2,1-3H3,(H,15,16)(H,19,20). The topological polar surface area (TPSA) is 93.5 Å². The highest BCUT2D eigenvalue weighted by atomic mass is 16.5. The number of carboxylic acid groups (broad SMARTS) is 1. The van der Waals surface area contributed by atoms with Gasteiger partial charge in [0.25, 0.3) is 5.56 Å². The maximum Gasteiger partial charge on any atom is 0.332 e. The minimum atomic E-state index is -0.939. The van der Waals surface area contributed by atoms with Gasteiger partial charge in [-0.05, 0) is 33.6 Å². The van der Waals surface area contributed by atoms with Crippen molar-refractivity contribution in [1.29, 1.82) is 0 Å². The van der Waals surface area contributed by atoms with E-state index in [1.54, 1.807) is 17.0 Å². The third kappa shape index (κ3) is 3.60. The van der Waals surface area contributed by atoms with Crippen molar-refractivity contribution in [3.05, 3.63) is 22.7 Å². The van der Waals surface area contributed by atoms with Crippen LogP contribution in [0.25, 0.3) is 0 Å². The average Bonchev–Trinajstić information content (AvgIpc) is 2.85. The lowest BCUT2D eigenvalue weighted by Crippen LogP contribution is -2.36. The molecule has 0 bridgehead atoms. The highest BCUT2D eigenvalue weighted by molar-refractivity contribution is 5.72. The molecule has 7 heteroatoms. The van der Waals surface area contributed by atoms with Gasteiger partial charge in [-0.2, -0.15) is 0 Å². The second kappa shape index (κ2) is 5.85. The first-order chi connectivity index (χ1) is 9.79. The number of aromatic nitrogens is 2. The highest BCUT2D eigenvalue weighted by Gasteiger charge is 2.30. The molecule has 0 aliphatic carbocycles. The first-order valence-electron chi connectivity index (χ1n) is 6.99. The number of carbonyl (C=O) groups is 1. The Kier molecular flexibility index (Phi) is 4.32. The average molecular weight is 295 g/mol. The molecule has 2 unspecified atom stereocenters. The third-order valence-electron chi connectivity index (χ3n) is 3.44. The van der Waals surface area contributed by atoms with Gasteiger partial charge in [0, 0.05) is 24.5 Å². The second-order valence-electron chi connectivity index (χ2n) is 6.17. The minimum Gasteiger partial charge on any atom is -0.479 e. The van der Waals surface area contributed by atoms with E-state index < -0.39 is 12.1 Å². The van der Waals surface area contributed by atoms with Crippen molar-refractivity contribution in [3.63, 3.8) is 0 Å². The summed E-state index contributed by atoms with van der Waals surface area (Å²) in [6.45, 7) is 6.20. The summed E-state index contributed by atoms with van der Waals surface area (Å²) >= 11 is 0. The van der Waals surface area contributed by atoms with Gasteiger partial charge in [0.2, 0.25) is 0 Å². The summed E-state index contributed by atoms with van der Waals surface area (Å²) in [5, 5.41) is 11.8. The molecule has 116 valence electrons. The molecule has 1 aromatic heterocycles. The van der Waals surface area contributed by atoms with Gasteiger partial charge < -0.3 is 19.7 Å². The molecule has 1 fully saturated rings. The number of ether oxygens (including phenoxy) is 1. The molecule has 0 spiro atoms. The van der Waals surface area contributed by atoms with Crippen molar-refractivity contribution in [2.24, 2.45) is 0 Å². The van der Waals surface area contributed by atoms with E-state index in [9.17, 15) is 9.59 Å². The molecule has 0 aromatic carbocycles. The van der Waals surface area contributed by atoms with Gasteiger partial charge in [-0.3, -0.25) is 4.79 Å². The summed E-state index contributed by atoms with van der Waals surface area (Å²) in [5.41, 5.74) is -0.521. The minimum absolute atomic E-state index is 0.196. The molecule has 1 aromatic rings. The Morgan fingerprint density at radius 1 is 1.52 bits per heavy atom. The molecule has 1 aliphatic heterocycles. The summed E-state index contributed by atoms with van der Waals surface area (Å²) in [7, 11) is 0. The van der Waals surface area contributed by atoms with Crippen molar-refractivity contribution in [2.45, 2.75) is 51.4 Å². The molecule has 21 heavy (non-hydrogen) atoms. The predicted molar refractivity (Wildman–Crippen MR) is 77.5 cm³/mol. The fraction of sp³-hybridized carbons (Fsp3) is 0.643.